The van der Waals surface area contributed by atoms with Gasteiger partial charge in [0.15, 0.2) is 0 Å². The normalized spacial score (nSPS) is 10.6. The SMILES string of the molecule is c1ccc(CNc2ncc(-c3ccncc3)c(-c3cccs3)n2)nc1. The number of thiophene rings is 1. The van der Waals surface area contributed by atoms with Crippen molar-refractivity contribution < 1.29 is 0 Å². The van der Waals surface area contributed by atoms with Crippen LogP contribution in [0, 0.1) is 0 Å². The molecule has 0 atom stereocenters. The Kier molecular flexibility index (Phi) is 4.43. The molecule has 122 valence electrons. The van der Waals surface area contributed by atoms with Gasteiger partial charge in [-0.3, -0.25) is 9.97 Å². The zero-order valence-electron chi connectivity index (χ0n) is 13.3. The summed E-state index contributed by atoms with van der Waals surface area (Å²) in [4.78, 5) is 18.7. The second-order valence-electron chi connectivity index (χ2n) is 5.34. The van der Waals surface area contributed by atoms with E-state index in [9.17, 15) is 0 Å². The van der Waals surface area contributed by atoms with Crippen molar-refractivity contribution >= 4 is 17.3 Å². The number of anilines is 1. The molecule has 1 N–H and O–H groups in total. The summed E-state index contributed by atoms with van der Waals surface area (Å²) < 4.78 is 0. The van der Waals surface area contributed by atoms with Gasteiger partial charge in [-0.25, -0.2) is 9.97 Å². The van der Waals surface area contributed by atoms with Gasteiger partial charge in [-0.05, 0) is 41.3 Å². The molecule has 25 heavy (non-hydrogen) atoms. The Labute approximate surface area is 149 Å². The van der Waals surface area contributed by atoms with Crippen LogP contribution in [-0.4, -0.2) is 19.9 Å². The van der Waals surface area contributed by atoms with Gasteiger partial charge in [0.25, 0.3) is 0 Å². The van der Waals surface area contributed by atoms with Crippen molar-refractivity contribution in [1.29, 1.82) is 0 Å². The van der Waals surface area contributed by atoms with Gasteiger partial charge in [0, 0.05) is 30.4 Å². The maximum Gasteiger partial charge on any atom is 0.223 e. The van der Waals surface area contributed by atoms with Crippen molar-refractivity contribution in [3.8, 4) is 21.7 Å². The van der Waals surface area contributed by atoms with E-state index < -0.39 is 0 Å². The molecule has 0 bridgehead atoms. The summed E-state index contributed by atoms with van der Waals surface area (Å²) in [6.07, 6.45) is 7.20. The van der Waals surface area contributed by atoms with Crippen LogP contribution < -0.4 is 5.32 Å². The van der Waals surface area contributed by atoms with E-state index in [1.807, 2.05) is 42.6 Å². The van der Waals surface area contributed by atoms with Crippen LogP contribution in [0.2, 0.25) is 0 Å². The highest BCUT2D eigenvalue weighted by molar-refractivity contribution is 7.13. The number of hydrogen-bond donors (Lipinski definition) is 1. The lowest BCUT2D eigenvalue weighted by molar-refractivity contribution is 1.00. The highest BCUT2D eigenvalue weighted by atomic mass is 32.1. The Morgan fingerprint density at radius 1 is 0.920 bits per heavy atom. The molecule has 0 saturated heterocycles. The molecular formula is C19H15N5S. The summed E-state index contributed by atoms with van der Waals surface area (Å²) in [5.74, 6) is 0.590. The maximum atomic E-state index is 4.75. The van der Waals surface area contributed by atoms with Gasteiger partial charge in [0.1, 0.15) is 0 Å². The first-order valence-corrected chi connectivity index (χ1v) is 8.73. The summed E-state index contributed by atoms with van der Waals surface area (Å²) in [7, 11) is 0. The van der Waals surface area contributed by atoms with Gasteiger partial charge in [-0.2, -0.15) is 0 Å². The fourth-order valence-corrected chi connectivity index (χ4v) is 3.21. The number of nitrogens with one attached hydrogen (secondary N) is 1. The molecule has 0 fully saturated rings. The molecule has 0 aliphatic rings. The summed E-state index contributed by atoms with van der Waals surface area (Å²) in [6.45, 7) is 0.583. The van der Waals surface area contributed by atoms with Crippen molar-refractivity contribution in [2.24, 2.45) is 0 Å². The van der Waals surface area contributed by atoms with Gasteiger partial charge in [0.2, 0.25) is 5.95 Å². The zero-order valence-corrected chi connectivity index (χ0v) is 14.1. The molecule has 6 heteroatoms. The average Bonchev–Trinajstić information content (AvgIpc) is 3.22. The third-order valence-corrected chi connectivity index (χ3v) is 4.57. The molecule has 4 rings (SSSR count). The molecule has 4 aromatic rings. The van der Waals surface area contributed by atoms with E-state index in [1.165, 1.54) is 0 Å². The zero-order chi connectivity index (χ0) is 16.9. The number of rotatable bonds is 5. The van der Waals surface area contributed by atoms with Gasteiger partial charge < -0.3 is 5.32 Å². The minimum Gasteiger partial charge on any atom is -0.349 e. The molecule has 4 heterocycles. The van der Waals surface area contributed by atoms with Crippen LogP contribution in [-0.2, 0) is 6.54 Å². The van der Waals surface area contributed by atoms with Crippen LogP contribution >= 0.6 is 11.3 Å². The van der Waals surface area contributed by atoms with Crippen molar-refractivity contribution in [3.05, 3.63) is 78.3 Å². The second kappa shape index (κ2) is 7.19. The fourth-order valence-electron chi connectivity index (χ4n) is 2.48. The molecule has 0 unspecified atom stereocenters. The minimum absolute atomic E-state index is 0.583. The number of pyridine rings is 2. The lowest BCUT2D eigenvalue weighted by atomic mass is 10.1. The molecule has 5 nitrogen and oxygen atoms in total. The van der Waals surface area contributed by atoms with Gasteiger partial charge in [-0.1, -0.05) is 12.1 Å². The largest absolute Gasteiger partial charge is 0.349 e. The third kappa shape index (κ3) is 3.54. The lowest BCUT2D eigenvalue weighted by Crippen LogP contribution is -2.05. The molecular weight excluding hydrogens is 330 g/mol. The smallest absolute Gasteiger partial charge is 0.223 e. The summed E-state index contributed by atoms with van der Waals surface area (Å²) in [6, 6.07) is 13.9. The molecule has 0 amide bonds. The van der Waals surface area contributed by atoms with Crippen LogP contribution in [0.5, 0.6) is 0 Å². The second-order valence-corrected chi connectivity index (χ2v) is 6.29. The van der Waals surface area contributed by atoms with Gasteiger partial charge in [0.05, 0.1) is 22.8 Å². The third-order valence-electron chi connectivity index (χ3n) is 3.69. The Morgan fingerprint density at radius 2 is 1.84 bits per heavy atom. The first kappa shape index (κ1) is 15.4. The van der Waals surface area contributed by atoms with E-state index >= 15 is 0 Å². The molecule has 4 aromatic heterocycles. The highest BCUT2D eigenvalue weighted by Gasteiger charge is 2.12. The molecule has 0 spiro atoms. The van der Waals surface area contributed by atoms with Crippen LogP contribution in [0.25, 0.3) is 21.7 Å². The first-order chi connectivity index (χ1) is 12.4. The van der Waals surface area contributed by atoms with E-state index in [1.54, 1.807) is 29.9 Å². The van der Waals surface area contributed by atoms with Crippen molar-refractivity contribution in [1.82, 2.24) is 19.9 Å². The van der Waals surface area contributed by atoms with Crippen molar-refractivity contribution in [3.63, 3.8) is 0 Å². The Bertz CT molecular complexity index is 940. The van der Waals surface area contributed by atoms with E-state index in [-0.39, 0.29) is 0 Å². The quantitative estimate of drug-likeness (QED) is 0.585. The predicted octanol–water partition coefficient (Wildman–Crippen LogP) is 4.27. The van der Waals surface area contributed by atoms with Crippen molar-refractivity contribution in [2.45, 2.75) is 6.54 Å². The average molecular weight is 345 g/mol. The van der Waals surface area contributed by atoms with E-state index in [0.29, 0.717) is 12.5 Å². The predicted molar refractivity (Wildman–Crippen MR) is 100 cm³/mol. The molecule has 0 saturated carbocycles. The summed E-state index contributed by atoms with van der Waals surface area (Å²) in [5.41, 5.74) is 3.91. The lowest BCUT2D eigenvalue weighted by Gasteiger charge is -2.10. The number of nitrogens with zero attached hydrogens (tertiary/aromatic N) is 4. The van der Waals surface area contributed by atoms with Crippen LogP contribution in [0.15, 0.2) is 72.6 Å². The molecule has 0 radical (unpaired) electrons. The van der Waals surface area contributed by atoms with E-state index in [2.05, 4.69) is 31.7 Å². The maximum absolute atomic E-state index is 4.75. The number of hydrogen-bond acceptors (Lipinski definition) is 6. The first-order valence-electron chi connectivity index (χ1n) is 7.85. The summed E-state index contributed by atoms with van der Waals surface area (Å²) in [5, 5.41) is 5.30. The van der Waals surface area contributed by atoms with Gasteiger partial charge >= 0.3 is 0 Å². The Balaban J connectivity index is 1.68. The molecule has 0 aliphatic carbocycles. The van der Waals surface area contributed by atoms with E-state index in [4.69, 9.17) is 4.98 Å². The van der Waals surface area contributed by atoms with Gasteiger partial charge in [-0.15, -0.1) is 11.3 Å². The van der Waals surface area contributed by atoms with E-state index in [0.717, 1.165) is 27.4 Å². The topological polar surface area (TPSA) is 63.6 Å². The minimum atomic E-state index is 0.583. The number of aromatic nitrogens is 4. The molecule has 0 aromatic carbocycles. The van der Waals surface area contributed by atoms with Crippen LogP contribution in [0.1, 0.15) is 5.69 Å². The van der Waals surface area contributed by atoms with Crippen LogP contribution in [0.3, 0.4) is 0 Å². The summed E-state index contributed by atoms with van der Waals surface area (Å²) >= 11 is 1.66. The van der Waals surface area contributed by atoms with Crippen LogP contribution in [0.4, 0.5) is 5.95 Å². The monoisotopic (exact) mass is 345 g/mol. The fraction of sp³-hybridized carbons (Fsp3) is 0.0526. The Morgan fingerprint density at radius 3 is 2.60 bits per heavy atom. The highest BCUT2D eigenvalue weighted by Crippen LogP contribution is 2.33. The standard InChI is InChI=1S/C19H15N5S/c1-2-8-21-15(4-1)12-22-19-23-13-16(14-6-9-20-10-7-14)18(24-19)17-5-3-11-25-17/h1-11,13H,12H2,(H,22,23,24). The Hall–Kier alpha value is -3.12. The van der Waals surface area contributed by atoms with Crippen molar-refractivity contribution in [2.75, 3.05) is 5.32 Å². The molecule has 0 aliphatic heterocycles.